The standard InChI is InChI=1S/C30H18N12O6/c43-28(44)16-1-7-22(8-2-16)40-25(31-34-37-40)19-13-20(26-32-35-38-41(26)23-9-3-17(4-10-23)29(45)46)15-21(14-19)27-33-36-39-42(27)24-11-5-18(6-12-24)30(47)48/h1-15H,(H,43,44)(H,45,46)(H,47,48). The Bertz CT molecular complexity index is 2050. The molecule has 3 N–H and O–H groups in total. The van der Waals surface area contributed by atoms with Crippen molar-refractivity contribution < 1.29 is 29.7 Å². The predicted molar refractivity (Wildman–Crippen MR) is 162 cm³/mol. The Balaban J connectivity index is 1.39. The van der Waals surface area contributed by atoms with E-state index >= 15 is 0 Å². The second-order valence-corrected chi connectivity index (χ2v) is 10.1. The van der Waals surface area contributed by atoms with Crippen molar-refractivity contribution in [1.82, 2.24) is 60.6 Å². The third-order valence-corrected chi connectivity index (χ3v) is 7.19. The van der Waals surface area contributed by atoms with Crippen LogP contribution in [0.25, 0.3) is 51.2 Å². The van der Waals surface area contributed by atoms with Gasteiger partial charge >= 0.3 is 17.9 Å². The van der Waals surface area contributed by atoms with Gasteiger partial charge in [0.05, 0.1) is 33.8 Å². The van der Waals surface area contributed by atoms with Crippen molar-refractivity contribution in [3.8, 4) is 51.2 Å². The lowest BCUT2D eigenvalue weighted by Crippen LogP contribution is -2.05. The van der Waals surface area contributed by atoms with E-state index in [4.69, 9.17) is 0 Å². The number of carboxylic acid groups (broad SMARTS) is 3. The summed E-state index contributed by atoms with van der Waals surface area (Å²) in [7, 11) is 0. The fourth-order valence-corrected chi connectivity index (χ4v) is 4.87. The maximum absolute atomic E-state index is 11.4. The molecule has 234 valence electrons. The van der Waals surface area contributed by atoms with Crippen LogP contribution in [0.2, 0.25) is 0 Å². The summed E-state index contributed by atoms with van der Waals surface area (Å²) in [5.41, 5.74) is 3.14. The Hall–Kier alpha value is -7.50. The van der Waals surface area contributed by atoms with Crippen LogP contribution in [0.4, 0.5) is 0 Å². The second-order valence-electron chi connectivity index (χ2n) is 10.1. The molecule has 4 aromatic carbocycles. The Kier molecular flexibility index (Phi) is 7.17. The molecule has 0 amide bonds. The average molecular weight is 643 g/mol. The molecule has 0 aliphatic carbocycles. The van der Waals surface area contributed by atoms with Crippen LogP contribution in [0, 0.1) is 0 Å². The number of nitrogens with zero attached hydrogens (tertiary/aromatic N) is 12. The molecule has 0 radical (unpaired) electrons. The molecule has 0 atom stereocenters. The van der Waals surface area contributed by atoms with Crippen LogP contribution in [0.15, 0.2) is 91.0 Å². The summed E-state index contributed by atoms with van der Waals surface area (Å²) < 4.78 is 4.28. The number of rotatable bonds is 9. The first-order valence-corrected chi connectivity index (χ1v) is 13.8. The van der Waals surface area contributed by atoms with E-state index in [0.29, 0.717) is 33.8 Å². The summed E-state index contributed by atoms with van der Waals surface area (Å²) in [5.74, 6) is -2.42. The van der Waals surface area contributed by atoms with Crippen LogP contribution >= 0.6 is 0 Å². The van der Waals surface area contributed by atoms with Gasteiger partial charge in [0.25, 0.3) is 0 Å². The number of carbonyl (C=O) groups is 3. The largest absolute Gasteiger partial charge is 0.478 e. The Morgan fingerprint density at radius 2 is 0.667 bits per heavy atom. The molecule has 0 saturated carbocycles. The Labute approximate surface area is 267 Å². The van der Waals surface area contributed by atoms with Crippen molar-refractivity contribution in [2.24, 2.45) is 0 Å². The van der Waals surface area contributed by atoms with Crippen LogP contribution in [0.3, 0.4) is 0 Å². The lowest BCUT2D eigenvalue weighted by atomic mass is 10.0. The van der Waals surface area contributed by atoms with Crippen LogP contribution in [-0.2, 0) is 0 Å². The minimum Gasteiger partial charge on any atom is -0.478 e. The zero-order valence-electron chi connectivity index (χ0n) is 24.1. The number of aromatic carboxylic acids is 3. The molecule has 0 bridgehead atoms. The number of hydrogen-bond donors (Lipinski definition) is 3. The molecule has 0 aliphatic rings. The zero-order chi connectivity index (χ0) is 33.4. The molecule has 0 aliphatic heterocycles. The molecule has 48 heavy (non-hydrogen) atoms. The molecule has 7 aromatic rings. The topological polar surface area (TPSA) is 243 Å². The minimum absolute atomic E-state index is 0.0871. The fraction of sp³-hybridized carbons (Fsp3) is 0. The van der Waals surface area contributed by atoms with E-state index in [1.807, 2.05) is 0 Å². The van der Waals surface area contributed by atoms with Crippen molar-refractivity contribution in [2.75, 3.05) is 0 Å². The van der Waals surface area contributed by atoms with Crippen molar-refractivity contribution in [1.29, 1.82) is 0 Å². The molecule has 0 saturated heterocycles. The first-order valence-electron chi connectivity index (χ1n) is 13.8. The SMILES string of the molecule is O=C(O)c1ccc(-n2nnnc2-c2cc(-c3nnnn3-c3ccc(C(=O)O)cc3)cc(-c3nnnn3-c3ccc(C(=O)O)cc3)c2)cc1. The third-order valence-electron chi connectivity index (χ3n) is 7.19. The predicted octanol–water partition coefficient (Wildman–Crippen LogP) is 2.71. The fourth-order valence-electron chi connectivity index (χ4n) is 4.87. The third kappa shape index (κ3) is 5.36. The Morgan fingerprint density at radius 3 is 0.896 bits per heavy atom. The van der Waals surface area contributed by atoms with Gasteiger partial charge in [-0.2, -0.15) is 14.0 Å². The molecule has 0 unspecified atom stereocenters. The molecular weight excluding hydrogens is 624 g/mol. The van der Waals surface area contributed by atoms with E-state index in [0.717, 1.165) is 0 Å². The Morgan fingerprint density at radius 1 is 0.417 bits per heavy atom. The molecule has 3 aromatic heterocycles. The normalized spacial score (nSPS) is 11.0. The summed E-state index contributed by atoms with van der Waals surface area (Å²) in [6.45, 7) is 0. The first kappa shape index (κ1) is 29.2. The van der Waals surface area contributed by atoms with E-state index in [2.05, 4.69) is 46.6 Å². The van der Waals surface area contributed by atoms with Crippen LogP contribution in [0.1, 0.15) is 31.1 Å². The molecular formula is C30H18N12O6. The van der Waals surface area contributed by atoms with Gasteiger partial charge in [-0.05, 0) is 122 Å². The summed E-state index contributed by atoms with van der Waals surface area (Å²) in [6.07, 6.45) is 0. The van der Waals surface area contributed by atoms with Crippen molar-refractivity contribution in [3.05, 3.63) is 108 Å². The van der Waals surface area contributed by atoms with Gasteiger partial charge in [-0.15, -0.1) is 15.3 Å². The van der Waals surface area contributed by atoms with Gasteiger partial charge in [0.15, 0.2) is 17.5 Å². The maximum Gasteiger partial charge on any atom is 0.335 e. The average Bonchev–Trinajstić information content (AvgIpc) is 3.90. The monoisotopic (exact) mass is 642 g/mol. The number of tetrazole rings is 3. The number of benzene rings is 4. The molecule has 0 spiro atoms. The van der Waals surface area contributed by atoms with Gasteiger partial charge in [-0.25, -0.2) is 14.4 Å². The van der Waals surface area contributed by atoms with E-state index < -0.39 is 17.9 Å². The summed E-state index contributed by atoms with van der Waals surface area (Å²) in [4.78, 5) is 34.2. The highest BCUT2D eigenvalue weighted by molar-refractivity contribution is 5.89. The van der Waals surface area contributed by atoms with Gasteiger partial charge in [-0.1, -0.05) is 0 Å². The summed E-state index contributed by atoms with van der Waals surface area (Å²) in [5, 5.41) is 64.6. The van der Waals surface area contributed by atoms with Gasteiger partial charge in [-0.3, -0.25) is 0 Å². The zero-order valence-corrected chi connectivity index (χ0v) is 24.1. The number of hydrogen-bond acceptors (Lipinski definition) is 12. The maximum atomic E-state index is 11.4. The smallest absolute Gasteiger partial charge is 0.335 e. The first-order chi connectivity index (χ1) is 23.3. The highest BCUT2D eigenvalue weighted by Crippen LogP contribution is 2.32. The van der Waals surface area contributed by atoms with Crippen LogP contribution in [0.5, 0.6) is 0 Å². The lowest BCUT2D eigenvalue weighted by molar-refractivity contribution is 0.0686. The molecule has 0 fully saturated rings. The molecule has 18 nitrogen and oxygen atoms in total. The van der Waals surface area contributed by atoms with Crippen molar-refractivity contribution in [2.45, 2.75) is 0 Å². The summed E-state index contributed by atoms with van der Waals surface area (Å²) in [6, 6.07) is 23.2. The van der Waals surface area contributed by atoms with E-state index in [1.165, 1.54) is 50.4 Å². The minimum atomic E-state index is -1.08. The van der Waals surface area contributed by atoms with Crippen LogP contribution < -0.4 is 0 Å². The van der Waals surface area contributed by atoms with Crippen LogP contribution in [-0.4, -0.2) is 93.8 Å². The van der Waals surface area contributed by atoms with E-state index in [-0.39, 0.29) is 34.2 Å². The van der Waals surface area contributed by atoms with Crippen molar-refractivity contribution in [3.63, 3.8) is 0 Å². The van der Waals surface area contributed by atoms with E-state index in [9.17, 15) is 29.7 Å². The highest BCUT2D eigenvalue weighted by Gasteiger charge is 2.21. The van der Waals surface area contributed by atoms with Gasteiger partial charge in [0.2, 0.25) is 0 Å². The van der Waals surface area contributed by atoms with Crippen molar-refractivity contribution >= 4 is 17.9 Å². The lowest BCUT2D eigenvalue weighted by Gasteiger charge is -2.11. The summed E-state index contributed by atoms with van der Waals surface area (Å²) >= 11 is 0. The second kappa shape index (κ2) is 11.8. The van der Waals surface area contributed by atoms with Gasteiger partial charge < -0.3 is 15.3 Å². The molecule has 7 rings (SSSR count). The quantitative estimate of drug-likeness (QED) is 0.205. The van der Waals surface area contributed by atoms with E-state index in [1.54, 1.807) is 54.6 Å². The van der Waals surface area contributed by atoms with Gasteiger partial charge in [0.1, 0.15) is 0 Å². The molecule has 3 heterocycles. The molecule has 18 heteroatoms. The number of aromatic nitrogens is 12. The number of carboxylic acids is 3. The highest BCUT2D eigenvalue weighted by atomic mass is 16.4. The van der Waals surface area contributed by atoms with Gasteiger partial charge in [0, 0.05) is 16.7 Å².